The van der Waals surface area contributed by atoms with Crippen LogP contribution in [0.3, 0.4) is 0 Å². The predicted octanol–water partition coefficient (Wildman–Crippen LogP) is 2.59. The maximum atomic E-state index is 11.5. The molecule has 0 amide bonds. The first-order chi connectivity index (χ1) is 7.79. The fourth-order valence-corrected chi connectivity index (χ4v) is 2.42. The van der Waals surface area contributed by atoms with E-state index in [2.05, 4.69) is 11.8 Å². The summed E-state index contributed by atoms with van der Waals surface area (Å²) in [7, 11) is 1.49. The van der Waals surface area contributed by atoms with Crippen molar-refractivity contribution < 1.29 is 9.53 Å². The normalized spacial score (nSPS) is 21.2. The summed E-state index contributed by atoms with van der Waals surface area (Å²) < 4.78 is 4.83. The van der Waals surface area contributed by atoms with Crippen molar-refractivity contribution >= 4 is 5.97 Å². The van der Waals surface area contributed by atoms with E-state index in [9.17, 15) is 4.79 Å². The molecular formula is C13H25NO2. The van der Waals surface area contributed by atoms with Gasteiger partial charge < -0.3 is 4.74 Å². The van der Waals surface area contributed by atoms with Crippen LogP contribution in [0.2, 0.25) is 0 Å². The molecule has 0 aromatic heterocycles. The van der Waals surface area contributed by atoms with Crippen LogP contribution >= 0.6 is 0 Å². The Bertz CT molecular complexity index is 206. The average molecular weight is 227 g/mol. The number of esters is 1. The summed E-state index contributed by atoms with van der Waals surface area (Å²) in [6.07, 6.45) is 8.56. The van der Waals surface area contributed by atoms with Crippen LogP contribution in [-0.2, 0) is 9.53 Å². The molecule has 3 heteroatoms. The minimum absolute atomic E-state index is 0.0381. The van der Waals surface area contributed by atoms with Gasteiger partial charge in [0.15, 0.2) is 0 Å². The van der Waals surface area contributed by atoms with Gasteiger partial charge in [0.1, 0.15) is 6.04 Å². The average Bonchev–Trinajstić information content (AvgIpc) is 2.76. The third-order valence-corrected chi connectivity index (χ3v) is 3.39. The Labute approximate surface area is 99.1 Å². The minimum atomic E-state index is -0.0499. The zero-order valence-corrected chi connectivity index (χ0v) is 10.7. The van der Waals surface area contributed by atoms with Crippen LogP contribution < -0.4 is 0 Å². The first-order valence-electron chi connectivity index (χ1n) is 6.61. The molecule has 1 fully saturated rings. The molecule has 0 saturated carbocycles. The number of rotatable bonds is 7. The number of hydrogen-bond acceptors (Lipinski definition) is 3. The minimum Gasteiger partial charge on any atom is -0.468 e. The van der Waals surface area contributed by atoms with E-state index >= 15 is 0 Å². The van der Waals surface area contributed by atoms with E-state index in [0.29, 0.717) is 0 Å². The van der Waals surface area contributed by atoms with Crippen LogP contribution in [0.25, 0.3) is 0 Å². The monoisotopic (exact) mass is 227 g/mol. The lowest BCUT2D eigenvalue weighted by molar-refractivity contribution is -0.145. The third kappa shape index (κ3) is 4.12. The molecule has 1 aliphatic rings. The summed E-state index contributed by atoms with van der Waals surface area (Å²) in [5.74, 6) is -0.0499. The first-order valence-corrected chi connectivity index (χ1v) is 6.61. The Hall–Kier alpha value is -0.570. The highest BCUT2D eigenvalue weighted by Gasteiger charge is 2.30. The molecule has 1 rings (SSSR count). The van der Waals surface area contributed by atoms with Crippen LogP contribution in [0.5, 0.6) is 0 Å². The Balaban J connectivity index is 2.17. The summed E-state index contributed by atoms with van der Waals surface area (Å²) in [4.78, 5) is 13.8. The van der Waals surface area contributed by atoms with Gasteiger partial charge in [-0.05, 0) is 32.4 Å². The molecule has 0 N–H and O–H groups in total. The number of likely N-dealkylation sites (tertiary alicyclic amines) is 1. The van der Waals surface area contributed by atoms with E-state index in [1.165, 1.54) is 39.2 Å². The van der Waals surface area contributed by atoms with Crippen molar-refractivity contribution in [1.29, 1.82) is 0 Å². The number of methoxy groups -OCH3 is 1. The molecule has 3 nitrogen and oxygen atoms in total. The highest BCUT2D eigenvalue weighted by atomic mass is 16.5. The molecule has 1 heterocycles. The van der Waals surface area contributed by atoms with Gasteiger partial charge in [0, 0.05) is 0 Å². The maximum Gasteiger partial charge on any atom is 0.323 e. The molecule has 94 valence electrons. The van der Waals surface area contributed by atoms with Crippen molar-refractivity contribution in [3.05, 3.63) is 0 Å². The molecule has 1 aliphatic heterocycles. The molecule has 0 aromatic carbocycles. The van der Waals surface area contributed by atoms with E-state index < -0.39 is 0 Å². The van der Waals surface area contributed by atoms with Crippen molar-refractivity contribution in [1.82, 2.24) is 4.90 Å². The van der Waals surface area contributed by atoms with E-state index in [1.807, 2.05) is 0 Å². The van der Waals surface area contributed by atoms with Gasteiger partial charge in [-0.3, -0.25) is 9.69 Å². The largest absolute Gasteiger partial charge is 0.468 e. The van der Waals surface area contributed by atoms with Crippen LogP contribution in [0.1, 0.15) is 51.9 Å². The zero-order valence-electron chi connectivity index (χ0n) is 10.7. The summed E-state index contributed by atoms with van der Waals surface area (Å²) in [5.41, 5.74) is 0. The topological polar surface area (TPSA) is 29.5 Å². The number of nitrogens with zero attached hydrogens (tertiary/aromatic N) is 1. The lowest BCUT2D eigenvalue weighted by Gasteiger charge is -2.21. The standard InChI is InChI=1S/C13H25NO2/c1-3-4-5-6-7-10-14-11-8-9-12(14)13(15)16-2/h12H,3-11H2,1-2H3. The Morgan fingerprint density at radius 2 is 2.06 bits per heavy atom. The quantitative estimate of drug-likeness (QED) is 0.494. The van der Waals surface area contributed by atoms with E-state index in [1.54, 1.807) is 0 Å². The van der Waals surface area contributed by atoms with Crippen molar-refractivity contribution in [3.8, 4) is 0 Å². The van der Waals surface area contributed by atoms with Crippen molar-refractivity contribution in [3.63, 3.8) is 0 Å². The van der Waals surface area contributed by atoms with E-state index in [-0.39, 0.29) is 12.0 Å². The Morgan fingerprint density at radius 3 is 2.75 bits per heavy atom. The van der Waals surface area contributed by atoms with Gasteiger partial charge >= 0.3 is 5.97 Å². The van der Waals surface area contributed by atoms with Gasteiger partial charge in [-0.1, -0.05) is 32.6 Å². The summed E-state index contributed by atoms with van der Waals surface area (Å²) >= 11 is 0. The Kier molecular flexibility index (Phi) is 6.46. The molecule has 0 bridgehead atoms. The van der Waals surface area contributed by atoms with Crippen LogP contribution in [0, 0.1) is 0 Å². The predicted molar refractivity (Wildman–Crippen MR) is 65.4 cm³/mol. The molecule has 16 heavy (non-hydrogen) atoms. The highest BCUT2D eigenvalue weighted by molar-refractivity contribution is 5.75. The number of carbonyl (C=O) groups is 1. The fraction of sp³-hybridized carbons (Fsp3) is 0.923. The highest BCUT2D eigenvalue weighted by Crippen LogP contribution is 2.19. The molecule has 1 atom stereocenters. The number of hydrogen-bond donors (Lipinski definition) is 0. The van der Waals surface area contributed by atoms with Crippen molar-refractivity contribution in [2.45, 2.75) is 57.9 Å². The fourth-order valence-electron chi connectivity index (χ4n) is 2.42. The second-order valence-electron chi connectivity index (χ2n) is 4.63. The van der Waals surface area contributed by atoms with Crippen molar-refractivity contribution in [2.75, 3.05) is 20.2 Å². The van der Waals surface area contributed by atoms with E-state index in [4.69, 9.17) is 4.74 Å². The van der Waals surface area contributed by atoms with Crippen LogP contribution in [0.15, 0.2) is 0 Å². The van der Waals surface area contributed by atoms with Crippen molar-refractivity contribution in [2.24, 2.45) is 0 Å². The van der Waals surface area contributed by atoms with E-state index in [0.717, 1.165) is 25.9 Å². The molecule has 0 radical (unpaired) electrons. The molecule has 0 aliphatic carbocycles. The second-order valence-corrected chi connectivity index (χ2v) is 4.63. The SMILES string of the molecule is CCCCCCCN1CCCC1C(=O)OC. The molecule has 0 spiro atoms. The summed E-state index contributed by atoms with van der Waals surface area (Å²) in [5, 5.41) is 0. The van der Waals surface area contributed by atoms with Gasteiger partial charge in [-0.25, -0.2) is 0 Å². The zero-order chi connectivity index (χ0) is 11.8. The van der Waals surface area contributed by atoms with Gasteiger partial charge in [-0.2, -0.15) is 0 Å². The molecule has 1 unspecified atom stereocenters. The molecule has 1 saturated heterocycles. The maximum absolute atomic E-state index is 11.5. The van der Waals surface area contributed by atoms with Gasteiger partial charge in [0.05, 0.1) is 7.11 Å². The lowest BCUT2D eigenvalue weighted by atomic mass is 10.1. The third-order valence-electron chi connectivity index (χ3n) is 3.39. The van der Waals surface area contributed by atoms with Gasteiger partial charge in [0.2, 0.25) is 0 Å². The summed E-state index contributed by atoms with van der Waals surface area (Å²) in [6.45, 7) is 4.35. The Morgan fingerprint density at radius 1 is 1.31 bits per heavy atom. The van der Waals surface area contributed by atoms with Gasteiger partial charge in [-0.15, -0.1) is 0 Å². The molecular weight excluding hydrogens is 202 g/mol. The first kappa shape index (κ1) is 13.5. The van der Waals surface area contributed by atoms with Crippen LogP contribution in [0.4, 0.5) is 0 Å². The van der Waals surface area contributed by atoms with Gasteiger partial charge in [0.25, 0.3) is 0 Å². The second kappa shape index (κ2) is 7.66. The van der Waals surface area contributed by atoms with Crippen LogP contribution in [-0.4, -0.2) is 37.1 Å². The smallest absolute Gasteiger partial charge is 0.323 e. The number of ether oxygens (including phenoxy) is 1. The number of carbonyl (C=O) groups excluding carboxylic acids is 1. The lowest BCUT2D eigenvalue weighted by Crippen LogP contribution is -2.37. The molecule has 0 aromatic rings. The number of unbranched alkanes of at least 4 members (excludes halogenated alkanes) is 4. The summed E-state index contributed by atoms with van der Waals surface area (Å²) in [6, 6.07) is 0.0381.